The van der Waals surface area contributed by atoms with Gasteiger partial charge in [0.05, 0.1) is 0 Å². The van der Waals surface area contributed by atoms with Crippen LogP contribution in [0.3, 0.4) is 0 Å². The second-order valence-electron chi connectivity index (χ2n) is 5.93. The Hall–Kier alpha value is -1.21. The molecule has 25 heavy (non-hydrogen) atoms. The van der Waals surface area contributed by atoms with Gasteiger partial charge in [0.1, 0.15) is 0 Å². The maximum atomic E-state index is 11.2. The molecule has 0 spiro atoms. The Morgan fingerprint density at radius 3 is 2.96 bits per heavy atom. The quantitative estimate of drug-likeness (QED) is 0.258. The zero-order valence-corrected chi connectivity index (χ0v) is 17.1. The normalized spacial score (nSPS) is 17.9. The first-order valence-corrected chi connectivity index (χ1v) is 10.7. The molecule has 0 bridgehead atoms. The lowest BCUT2D eigenvalue weighted by molar-refractivity contribution is -0.122. The molecule has 0 aromatic heterocycles. The van der Waals surface area contributed by atoms with Crippen LogP contribution in [0.5, 0.6) is 0 Å². The van der Waals surface area contributed by atoms with E-state index in [1.807, 2.05) is 17.8 Å². The highest BCUT2D eigenvalue weighted by atomic mass is 79.9. The molecule has 1 aliphatic rings. The monoisotopic (exact) mass is 426 g/mol. The number of halogens is 1. The number of guanidine groups is 1. The van der Waals surface area contributed by atoms with Crippen molar-refractivity contribution in [3.63, 3.8) is 0 Å². The number of benzene rings is 1. The summed E-state index contributed by atoms with van der Waals surface area (Å²) in [5.41, 5.74) is 0. The van der Waals surface area contributed by atoms with Gasteiger partial charge in [-0.3, -0.25) is 9.79 Å². The summed E-state index contributed by atoms with van der Waals surface area (Å²) in [6.45, 7) is 4.38. The molecule has 1 atom stereocenters. The molecular formula is C18H27BrN4OS. The maximum absolute atomic E-state index is 11.2. The van der Waals surface area contributed by atoms with Crippen molar-refractivity contribution in [3.8, 4) is 0 Å². The fourth-order valence-electron chi connectivity index (χ4n) is 2.52. The van der Waals surface area contributed by atoms with Crippen LogP contribution < -0.4 is 16.0 Å². The van der Waals surface area contributed by atoms with Crippen LogP contribution in [0.2, 0.25) is 0 Å². The van der Waals surface area contributed by atoms with E-state index in [2.05, 4.69) is 62.0 Å². The molecule has 5 nitrogen and oxygen atoms in total. The lowest BCUT2D eigenvalue weighted by Gasteiger charge is -2.25. The minimum atomic E-state index is 0.141. The number of nitrogens with one attached hydrogen (secondary N) is 3. The number of nitrogens with zero attached hydrogens (tertiary/aromatic N) is 1. The molecule has 1 saturated heterocycles. The van der Waals surface area contributed by atoms with Crippen molar-refractivity contribution in [2.24, 2.45) is 4.99 Å². The van der Waals surface area contributed by atoms with E-state index in [9.17, 15) is 4.79 Å². The second kappa shape index (κ2) is 11.4. The fraction of sp³-hybridized carbons (Fsp3) is 0.556. The van der Waals surface area contributed by atoms with Gasteiger partial charge in [0.15, 0.2) is 5.96 Å². The molecule has 1 aromatic carbocycles. The smallest absolute Gasteiger partial charge is 0.220 e. The molecule has 0 radical (unpaired) electrons. The Bertz CT molecular complexity index is 572. The zero-order chi connectivity index (χ0) is 17.9. The summed E-state index contributed by atoms with van der Waals surface area (Å²) < 4.78 is 1.16. The van der Waals surface area contributed by atoms with Gasteiger partial charge in [-0.05, 0) is 60.0 Å². The molecule has 0 saturated carbocycles. The summed E-state index contributed by atoms with van der Waals surface area (Å²) in [4.78, 5) is 17.2. The van der Waals surface area contributed by atoms with E-state index >= 15 is 0 Å². The van der Waals surface area contributed by atoms with E-state index in [-0.39, 0.29) is 11.9 Å². The Balaban J connectivity index is 1.66. The number of hydrogen-bond acceptors (Lipinski definition) is 3. The van der Waals surface area contributed by atoms with E-state index in [0.29, 0.717) is 13.0 Å². The zero-order valence-electron chi connectivity index (χ0n) is 14.7. The maximum Gasteiger partial charge on any atom is 0.220 e. The number of unbranched alkanes of at least 4 members (excludes halogenated alkanes) is 1. The van der Waals surface area contributed by atoms with Crippen molar-refractivity contribution in [1.29, 1.82) is 0 Å². The summed E-state index contributed by atoms with van der Waals surface area (Å²) in [7, 11) is 0. The number of hydrogen-bond donors (Lipinski definition) is 3. The van der Waals surface area contributed by atoms with Gasteiger partial charge in [0.2, 0.25) is 5.91 Å². The predicted molar refractivity (Wildman–Crippen MR) is 109 cm³/mol. The van der Waals surface area contributed by atoms with Gasteiger partial charge in [-0.15, -0.1) is 11.8 Å². The number of piperidine rings is 1. The van der Waals surface area contributed by atoms with E-state index in [1.54, 1.807) is 0 Å². The minimum absolute atomic E-state index is 0.141. The van der Waals surface area contributed by atoms with Crippen molar-refractivity contribution in [2.45, 2.75) is 43.5 Å². The SMILES string of the molecule is CCNC(=NCCCCSc1ccccc1Br)NC1CCC(=O)NC1. The average Bonchev–Trinajstić information content (AvgIpc) is 2.61. The third kappa shape index (κ3) is 7.69. The summed E-state index contributed by atoms with van der Waals surface area (Å²) in [5, 5.41) is 9.59. The summed E-state index contributed by atoms with van der Waals surface area (Å²) in [6.07, 6.45) is 3.64. The lowest BCUT2D eigenvalue weighted by Crippen LogP contribution is -2.51. The Morgan fingerprint density at radius 2 is 2.24 bits per heavy atom. The van der Waals surface area contributed by atoms with Crippen LogP contribution in [-0.2, 0) is 4.79 Å². The molecule has 1 unspecified atom stereocenters. The summed E-state index contributed by atoms with van der Waals surface area (Å²) >= 11 is 5.46. The highest BCUT2D eigenvalue weighted by Crippen LogP contribution is 2.27. The average molecular weight is 427 g/mol. The Labute approximate surface area is 163 Å². The fourth-order valence-corrected chi connectivity index (χ4v) is 4.10. The van der Waals surface area contributed by atoms with Crippen LogP contribution in [0.25, 0.3) is 0 Å². The number of rotatable bonds is 8. The predicted octanol–water partition coefficient (Wildman–Crippen LogP) is 3.16. The molecule has 1 heterocycles. The molecule has 0 aliphatic carbocycles. The van der Waals surface area contributed by atoms with Gasteiger partial charge in [0.25, 0.3) is 0 Å². The summed E-state index contributed by atoms with van der Waals surface area (Å²) in [5.74, 6) is 2.08. The highest BCUT2D eigenvalue weighted by molar-refractivity contribution is 9.10. The highest BCUT2D eigenvalue weighted by Gasteiger charge is 2.18. The Morgan fingerprint density at radius 1 is 1.40 bits per heavy atom. The third-order valence-corrected chi connectivity index (χ3v) is 5.98. The van der Waals surface area contributed by atoms with Crippen LogP contribution in [0.4, 0.5) is 0 Å². The van der Waals surface area contributed by atoms with Gasteiger partial charge in [0, 0.05) is 41.5 Å². The van der Waals surface area contributed by atoms with E-state index in [4.69, 9.17) is 0 Å². The van der Waals surface area contributed by atoms with Gasteiger partial charge < -0.3 is 16.0 Å². The molecular weight excluding hydrogens is 400 g/mol. The molecule has 138 valence electrons. The number of carbonyl (C=O) groups excluding carboxylic acids is 1. The topological polar surface area (TPSA) is 65.5 Å². The molecule has 1 amide bonds. The Kier molecular flexibility index (Phi) is 9.18. The molecule has 7 heteroatoms. The minimum Gasteiger partial charge on any atom is -0.357 e. The van der Waals surface area contributed by atoms with Crippen LogP contribution in [-0.4, -0.2) is 43.3 Å². The van der Waals surface area contributed by atoms with Crippen molar-refractivity contribution >= 4 is 39.6 Å². The largest absolute Gasteiger partial charge is 0.357 e. The van der Waals surface area contributed by atoms with Gasteiger partial charge in [-0.1, -0.05) is 12.1 Å². The van der Waals surface area contributed by atoms with Crippen molar-refractivity contribution in [3.05, 3.63) is 28.7 Å². The second-order valence-corrected chi connectivity index (χ2v) is 7.92. The number of amides is 1. The number of thioether (sulfide) groups is 1. The van der Waals surface area contributed by atoms with Crippen LogP contribution >= 0.6 is 27.7 Å². The van der Waals surface area contributed by atoms with Gasteiger partial charge in [-0.2, -0.15) is 0 Å². The van der Waals surface area contributed by atoms with Gasteiger partial charge >= 0.3 is 0 Å². The summed E-state index contributed by atoms with van der Waals surface area (Å²) in [6, 6.07) is 8.59. The number of carbonyl (C=O) groups is 1. The van der Waals surface area contributed by atoms with Crippen molar-refractivity contribution in [2.75, 3.05) is 25.4 Å². The van der Waals surface area contributed by atoms with Crippen LogP contribution in [0.15, 0.2) is 38.6 Å². The first kappa shape index (κ1) is 20.1. The van der Waals surface area contributed by atoms with Crippen LogP contribution in [0.1, 0.15) is 32.6 Å². The number of aliphatic imine (C=N–C) groups is 1. The van der Waals surface area contributed by atoms with E-state index in [1.165, 1.54) is 4.90 Å². The first-order valence-electron chi connectivity index (χ1n) is 8.88. The van der Waals surface area contributed by atoms with Gasteiger partial charge in [-0.25, -0.2) is 0 Å². The van der Waals surface area contributed by atoms with Crippen molar-refractivity contribution in [1.82, 2.24) is 16.0 Å². The van der Waals surface area contributed by atoms with E-state index < -0.39 is 0 Å². The van der Waals surface area contributed by atoms with Crippen LogP contribution in [0, 0.1) is 0 Å². The standard InChI is InChI=1S/C18H27BrN4OS/c1-2-20-18(23-14-9-10-17(24)22-13-14)21-11-5-6-12-25-16-8-4-3-7-15(16)19/h3-4,7-8,14H,2,5-6,9-13H2,1H3,(H,22,24)(H2,20,21,23). The third-order valence-electron chi connectivity index (χ3n) is 3.87. The molecule has 2 rings (SSSR count). The van der Waals surface area contributed by atoms with E-state index in [0.717, 1.165) is 48.5 Å². The van der Waals surface area contributed by atoms with Crippen molar-refractivity contribution < 1.29 is 4.79 Å². The first-order chi connectivity index (χ1) is 12.2. The molecule has 1 aliphatic heterocycles. The molecule has 1 fully saturated rings. The molecule has 3 N–H and O–H groups in total. The molecule has 1 aromatic rings. The lowest BCUT2D eigenvalue weighted by atomic mass is 10.1.